The molecule has 1 aromatic heterocycles. The van der Waals surface area contributed by atoms with Crippen LogP contribution >= 0.6 is 23.4 Å². The van der Waals surface area contributed by atoms with Crippen molar-refractivity contribution in [2.24, 2.45) is 0 Å². The number of ether oxygens (including phenoxy) is 1. The molecule has 6 nitrogen and oxygen atoms in total. The van der Waals surface area contributed by atoms with E-state index in [0.29, 0.717) is 29.0 Å². The Balaban J connectivity index is 1.57. The standard InChI is InChI=1S/C20H21ClN4O2S/c1-3-25-18(12-27-16-7-5-4-6-8-16)23-24-20(25)28-13-19(26)22-15-10-9-14(2)17(21)11-15/h4-11H,3,12-13H2,1-2H3,(H,22,26). The van der Waals surface area contributed by atoms with Crippen LogP contribution in [0.2, 0.25) is 5.02 Å². The van der Waals surface area contributed by atoms with Gasteiger partial charge in [-0.2, -0.15) is 0 Å². The van der Waals surface area contributed by atoms with E-state index < -0.39 is 0 Å². The Hall–Kier alpha value is -2.51. The van der Waals surface area contributed by atoms with Crippen LogP contribution in [0.1, 0.15) is 18.3 Å². The summed E-state index contributed by atoms with van der Waals surface area (Å²) in [6.07, 6.45) is 0. The summed E-state index contributed by atoms with van der Waals surface area (Å²) in [5.41, 5.74) is 1.64. The second-order valence-corrected chi connectivity index (χ2v) is 7.40. The second-order valence-electron chi connectivity index (χ2n) is 6.05. The summed E-state index contributed by atoms with van der Waals surface area (Å²) in [4.78, 5) is 12.2. The predicted molar refractivity (Wildman–Crippen MR) is 112 cm³/mol. The van der Waals surface area contributed by atoms with Crippen molar-refractivity contribution in [2.45, 2.75) is 32.2 Å². The van der Waals surface area contributed by atoms with Gasteiger partial charge < -0.3 is 14.6 Å². The molecule has 0 spiro atoms. The first-order valence-corrected chi connectivity index (χ1v) is 10.2. The van der Waals surface area contributed by atoms with E-state index in [-0.39, 0.29) is 11.7 Å². The minimum Gasteiger partial charge on any atom is -0.486 e. The van der Waals surface area contributed by atoms with Gasteiger partial charge >= 0.3 is 0 Å². The van der Waals surface area contributed by atoms with Gasteiger partial charge in [-0.05, 0) is 43.7 Å². The van der Waals surface area contributed by atoms with Crippen molar-refractivity contribution >= 4 is 35.0 Å². The number of para-hydroxylation sites is 1. The fraction of sp³-hybridized carbons (Fsp3) is 0.250. The van der Waals surface area contributed by atoms with E-state index in [2.05, 4.69) is 15.5 Å². The van der Waals surface area contributed by atoms with Crippen molar-refractivity contribution in [1.82, 2.24) is 14.8 Å². The minimum atomic E-state index is -0.127. The lowest BCUT2D eigenvalue weighted by Crippen LogP contribution is -2.15. The molecule has 0 fully saturated rings. The SMILES string of the molecule is CCn1c(COc2ccccc2)nnc1SCC(=O)Nc1ccc(C)c(Cl)c1. The zero-order valence-corrected chi connectivity index (χ0v) is 17.3. The number of aryl methyl sites for hydroxylation is 1. The second kappa shape index (κ2) is 9.61. The van der Waals surface area contributed by atoms with Crippen molar-refractivity contribution in [1.29, 1.82) is 0 Å². The van der Waals surface area contributed by atoms with Crippen molar-refractivity contribution in [3.63, 3.8) is 0 Å². The molecule has 3 aromatic rings. The van der Waals surface area contributed by atoms with E-state index in [0.717, 1.165) is 17.1 Å². The van der Waals surface area contributed by atoms with Gasteiger partial charge in [0.25, 0.3) is 0 Å². The maximum absolute atomic E-state index is 12.2. The molecule has 0 aliphatic carbocycles. The van der Waals surface area contributed by atoms with Crippen molar-refractivity contribution in [3.8, 4) is 5.75 Å². The van der Waals surface area contributed by atoms with Crippen LogP contribution in [0.5, 0.6) is 5.75 Å². The molecule has 1 N–H and O–H groups in total. The molecular weight excluding hydrogens is 396 g/mol. The number of nitrogens with zero attached hydrogens (tertiary/aromatic N) is 3. The van der Waals surface area contributed by atoms with Gasteiger partial charge in [0.2, 0.25) is 5.91 Å². The maximum Gasteiger partial charge on any atom is 0.234 e. The van der Waals surface area contributed by atoms with Gasteiger partial charge in [0.05, 0.1) is 5.75 Å². The summed E-state index contributed by atoms with van der Waals surface area (Å²) in [5, 5.41) is 12.6. The number of benzene rings is 2. The third kappa shape index (κ3) is 5.27. The van der Waals surface area contributed by atoms with E-state index in [4.69, 9.17) is 16.3 Å². The number of rotatable bonds is 8. The van der Waals surface area contributed by atoms with Crippen LogP contribution in [0.4, 0.5) is 5.69 Å². The average Bonchev–Trinajstić information content (AvgIpc) is 3.10. The molecule has 0 atom stereocenters. The first-order valence-electron chi connectivity index (χ1n) is 8.85. The van der Waals surface area contributed by atoms with Crippen LogP contribution in [0, 0.1) is 6.92 Å². The predicted octanol–water partition coefficient (Wildman–Crippen LogP) is 4.57. The Morgan fingerprint density at radius 2 is 2.00 bits per heavy atom. The third-order valence-electron chi connectivity index (χ3n) is 4.01. The zero-order chi connectivity index (χ0) is 19.9. The molecule has 2 aromatic carbocycles. The van der Waals surface area contributed by atoms with Crippen LogP contribution < -0.4 is 10.1 Å². The van der Waals surface area contributed by atoms with Gasteiger partial charge in [-0.15, -0.1) is 10.2 Å². The maximum atomic E-state index is 12.2. The summed E-state index contributed by atoms with van der Waals surface area (Å²) in [6.45, 7) is 4.94. The molecule has 28 heavy (non-hydrogen) atoms. The third-order valence-corrected chi connectivity index (χ3v) is 5.38. The molecule has 0 aliphatic heterocycles. The summed E-state index contributed by atoms with van der Waals surface area (Å²) >= 11 is 7.43. The molecule has 1 heterocycles. The monoisotopic (exact) mass is 416 g/mol. The van der Waals surface area contributed by atoms with Gasteiger partial charge in [-0.25, -0.2) is 0 Å². The fourth-order valence-corrected chi connectivity index (χ4v) is 3.51. The highest BCUT2D eigenvalue weighted by Crippen LogP contribution is 2.22. The summed E-state index contributed by atoms with van der Waals surface area (Å²) in [6, 6.07) is 15.0. The van der Waals surface area contributed by atoms with Crippen LogP contribution in [-0.4, -0.2) is 26.4 Å². The molecule has 0 unspecified atom stereocenters. The van der Waals surface area contributed by atoms with Crippen molar-refractivity contribution < 1.29 is 9.53 Å². The van der Waals surface area contributed by atoms with Crippen molar-refractivity contribution in [2.75, 3.05) is 11.1 Å². The topological polar surface area (TPSA) is 69.0 Å². The van der Waals surface area contributed by atoms with Crippen LogP contribution in [-0.2, 0) is 17.9 Å². The zero-order valence-electron chi connectivity index (χ0n) is 15.7. The number of carbonyl (C=O) groups is 1. The number of aromatic nitrogens is 3. The Bertz CT molecular complexity index is 947. The van der Waals surface area contributed by atoms with E-state index in [1.807, 2.05) is 60.9 Å². The summed E-state index contributed by atoms with van der Waals surface area (Å²) in [5.74, 6) is 1.60. The van der Waals surface area contributed by atoms with Gasteiger partial charge in [0.1, 0.15) is 12.4 Å². The van der Waals surface area contributed by atoms with Crippen molar-refractivity contribution in [3.05, 3.63) is 64.9 Å². The molecule has 146 valence electrons. The highest BCUT2D eigenvalue weighted by atomic mass is 35.5. The van der Waals surface area contributed by atoms with Gasteiger partial charge in [-0.1, -0.05) is 47.6 Å². The molecule has 8 heteroatoms. The number of halogens is 1. The first kappa shape index (κ1) is 20.2. The molecule has 0 aliphatic rings. The number of anilines is 1. The van der Waals surface area contributed by atoms with E-state index in [9.17, 15) is 4.79 Å². The van der Waals surface area contributed by atoms with E-state index in [1.54, 1.807) is 6.07 Å². The molecule has 1 amide bonds. The number of carbonyl (C=O) groups excluding carboxylic acids is 1. The molecule has 0 saturated heterocycles. The summed E-state index contributed by atoms with van der Waals surface area (Å²) < 4.78 is 7.70. The average molecular weight is 417 g/mol. The normalized spacial score (nSPS) is 10.7. The molecule has 0 radical (unpaired) electrons. The smallest absolute Gasteiger partial charge is 0.234 e. The highest BCUT2D eigenvalue weighted by Gasteiger charge is 2.14. The number of thioether (sulfide) groups is 1. The van der Waals surface area contributed by atoms with Gasteiger partial charge in [0, 0.05) is 17.3 Å². The Morgan fingerprint density at radius 1 is 1.21 bits per heavy atom. The fourth-order valence-electron chi connectivity index (χ4n) is 2.51. The Kier molecular flexibility index (Phi) is 6.95. The Labute approximate surface area is 173 Å². The summed E-state index contributed by atoms with van der Waals surface area (Å²) in [7, 11) is 0. The van der Waals surface area contributed by atoms with E-state index in [1.165, 1.54) is 11.8 Å². The van der Waals surface area contributed by atoms with Gasteiger partial charge in [-0.3, -0.25) is 4.79 Å². The number of hydrogen-bond acceptors (Lipinski definition) is 5. The van der Waals surface area contributed by atoms with Gasteiger partial charge in [0.15, 0.2) is 11.0 Å². The quantitative estimate of drug-likeness (QED) is 0.545. The molecule has 0 bridgehead atoms. The first-order chi connectivity index (χ1) is 13.6. The lowest BCUT2D eigenvalue weighted by Gasteiger charge is -2.09. The van der Waals surface area contributed by atoms with E-state index >= 15 is 0 Å². The Morgan fingerprint density at radius 3 is 2.71 bits per heavy atom. The van der Waals surface area contributed by atoms with Crippen LogP contribution in [0.15, 0.2) is 53.7 Å². The number of hydrogen-bond donors (Lipinski definition) is 1. The lowest BCUT2D eigenvalue weighted by atomic mass is 10.2. The number of nitrogens with one attached hydrogen (secondary N) is 1. The number of amides is 1. The largest absolute Gasteiger partial charge is 0.486 e. The lowest BCUT2D eigenvalue weighted by molar-refractivity contribution is -0.113. The molecule has 0 saturated carbocycles. The van der Waals surface area contributed by atoms with Crippen LogP contribution in [0.25, 0.3) is 0 Å². The highest BCUT2D eigenvalue weighted by molar-refractivity contribution is 7.99. The molecular formula is C20H21ClN4O2S. The van der Waals surface area contributed by atoms with Crippen LogP contribution in [0.3, 0.4) is 0 Å². The minimum absolute atomic E-state index is 0.127. The molecule has 3 rings (SSSR count).